The van der Waals surface area contributed by atoms with Crippen molar-refractivity contribution in [2.75, 3.05) is 6.54 Å². The summed E-state index contributed by atoms with van der Waals surface area (Å²) in [5, 5.41) is 37.0. The van der Waals surface area contributed by atoms with Gasteiger partial charge >= 0.3 is 5.97 Å². The molecule has 7 heteroatoms. The number of hydrogen-bond acceptors (Lipinski definition) is 5. The predicted octanol–water partition coefficient (Wildman–Crippen LogP) is -0.242. The van der Waals surface area contributed by atoms with Gasteiger partial charge in [-0.3, -0.25) is 4.79 Å². The lowest BCUT2D eigenvalue weighted by Crippen LogP contribution is -2.40. The molecule has 1 aliphatic rings. The Morgan fingerprint density at radius 1 is 1.21 bits per heavy atom. The van der Waals surface area contributed by atoms with E-state index < -0.39 is 29.8 Å². The van der Waals surface area contributed by atoms with Gasteiger partial charge in [0.25, 0.3) is 5.91 Å². The maximum absolute atomic E-state index is 12.1. The highest BCUT2D eigenvalue weighted by atomic mass is 16.4. The summed E-state index contributed by atoms with van der Waals surface area (Å²) in [5.41, 5.74) is 0.0515. The van der Waals surface area contributed by atoms with Crippen LogP contribution in [0.3, 0.4) is 0 Å². The monoisotopic (exact) mass is 267 g/mol. The number of aromatic hydroxyl groups is 2. The fraction of sp³-hybridized carbons (Fsp3) is 0.333. The largest absolute Gasteiger partial charge is 0.504 e. The van der Waals surface area contributed by atoms with Crippen molar-refractivity contribution in [1.29, 1.82) is 0 Å². The van der Waals surface area contributed by atoms with Crippen LogP contribution < -0.4 is 0 Å². The molecule has 19 heavy (non-hydrogen) atoms. The summed E-state index contributed by atoms with van der Waals surface area (Å²) in [6.45, 7) is -0.0720. The second kappa shape index (κ2) is 4.77. The number of amides is 1. The third kappa shape index (κ3) is 2.45. The van der Waals surface area contributed by atoms with Crippen LogP contribution in [0.25, 0.3) is 0 Å². The van der Waals surface area contributed by atoms with E-state index >= 15 is 0 Å². The van der Waals surface area contributed by atoms with Crippen molar-refractivity contribution in [3.05, 3.63) is 23.8 Å². The van der Waals surface area contributed by atoms with Gasteiger partial charge < -0.3 is 25.3 Å². The number of aliphatic hydroxyl groups is 1. The number of rotatable bonds is 2. The molecule has 102 valence electrons. The number of nitrogens with zero attached hydrogens (tertiary/aromatic N) is 1. The summed E-state index contributed by atoms with van der Waals surface area (Å²) in [6.07, 6.45) is -0.902. The molecule has 2 rings (SSSR count). The Labute approximate surface area is 108 Å². The third-order valence-electron chi connectivity index (χ3n) is 3.05. The highest BCUT2D eigenvalue weighted by molar-refractivity contribution is 5.97. The molecule has 0 saturated carbocycles. The van der Waals surface area contributed by atoms with Crippen molar-refractivity contribution in [1.82, 2.24) is 4.90 Å². The first-order valence-electron chi connectivity index (χ1n) is 5.64. The van der Waals surface area contributed by atoms with Crippen molar-refractivity contribution in [3.8, 4) is 11.5 Å². The summed E-state index contributed by atoms with van der Waals surface area (Å²) in [7, 11) is 0. The molecule has 1 aromatic rings. The molecular formula is C12H13NO6. The van der Waals surface area contributed by atoms with E-state index in [0.717, 1.165) is 17.0 Å². The van der Waals surface area contributed by atoms with E-state index in [9.17, 15) is 19.8 Å². The highest BCUT2D eigenvalue weighted by Gasteiger charge is 2.39. The highest BCUT2D eigenvalue weighted by Crippen LogP contribution is 2.27. The molecular weight excluding hydrogens is 254 g/mol. The standard InChI is InChI=1S/C12H13NO6/c14-7-4-8(12(18)19)13(5-7)11(17)6-1-2-9(15)10(16)3-6/h1-3,7-8,14-16H,4-5H2,(H,18,19)/t7-,8-/m1/s1. The van der Waals surface area contributed by atoms with Crippen LogP contribution in [0.5, 0.6) is 11.5 Å². The number of carbonyl (C=O) groups excluding carboxylic acids is 1. The molecule has 0 spiro atoms. The number of carboxylic acids is 1. The van der Waals surface area contributed by atoms with Gasteiger partial charge in [-0.15, -0.1) is 0 Å². The van der Waals surface area contributed by atoms with Gasteiger partial charge in [0, 0.05) is 18.5 Å². The molecule has 4 N–H and O–H groups in total. The van der Waals surface area contributed by atoms with E-state index in [2.05, 4.69) is 0 Å². The molecule has 0 aliphatic carbocycles. The average Bonchev–Trinajstić information content (AvgIpc) is 2.74. The third-order valence-corrected chi connectivity index (χ3v) is 3.05. The van der Waals surface area contributed by atoms with Crippen LogP contribution in [0.2, 0.25) is 0 Å². The normalized spacial score (nSPS) is 22.5. The van der Waals surface area contributed by atoms with Gasteiger partial charge in [0.2, 0.25) is 0 Å². The molecule has 1 amide bonds. The molecule has 1 fully saturated rings. The first-order valence-corrected chi connectivity index (χ1v) is 5.64. The number of carbonyl (C=O) groups is 2. The molecule has 1 aliphatic heterocycles. The first kappa shape index (κ1) is 13.2. The summed E-state index contributed by atoms with van der Waals surface area (Å²) in [5.74, 6) is -2.63. The Balaban J connectivity index is 2.27. The topological polar surface area (TPSA) is 118 Å². The van der Waals surface area contributed by atoms with Crippen LogP contribution >= 0.6 is 0 Å². The molecule has 7 nitrogen and oxygen atoms in total. The van der Waals surface area contributed by atoms with Gasteiger partial charge in [-0.05, 0) is 18.2 Å². The summed E-state index contributed by atoms with van der Waals surface area (Å²) in [4.78, 5) is 24.2. The minimum atomic E-state index is -1.19. The van der Waals surface area contributed by atoms with E-state index in [1.807, 2.05) is 0 Å². The summed E-state index contributed by atoms with van der Waals surface area (Å²) >= 11 is 0. The maximum atomic E-state index is 12.1. The Bertz CT molecular complexity index is 529. The molecule has 0 bridgehead atoms. The zero-order chi connectivity index (χ0) is 14.2. The average molecular weight is 267 g/mol. The van der Waals surface area contributed by atoms with Gasteiger partial charge in [0.15, 0.2) is 11.5 Å². The predicted molar refractivity (Wildman–Crippen MR) is 62.9 cm³/mol. The Morgan fingerprint density at radius 3 is 2.47 bits per heavy atom. The van der Waals surface area contributed by atoms with Gasteiger partial charge in [0.05, 0.1) is 6.10 Å². The molecule has 0 unspecified atom stereocenters. The molecule has 0 radical (unpaired) electrons. The second-order valence-electron chi connectivity index (χ2n) is 4.40. The number of aliphatic hydroxyl groups excluding tert-OH is 1. The fourth-order valence-corrected chi connectivity index (χ4v) is 2.09. The van der Waals surface area contributed by atoms with Crippen molar-refractivity contribution in [3.63, 3.8) is 0 Å². The van der Waals surface area contributed by atoms with Crippen molar-refractivity contribution < 1.29 is 30.0 Å². The zero-order valence-electron chi connectivity index (χ0n) is 9.85. The van der Waals surface area contributed by atoms with Crippen LogP contribution in [0.15, 0.2) is 18.2 Å². The van der Waals surface area contributed by atoms with E-state index in [1.54, 1.807) is 0 Å². The molecule has 1 heterocycles. The number of aliphatic carboxylic acids is 1. The number of phenols is 2. The van der Waals surface area contributed by atoms with E-state index in [4.69, 9.17) is 10.2 Å². The number of benzene rings is 1. The smallest absolute Gasteiger partial charge is 0.326 e. The van der Waals surface area contributed by atoms with Crippen molar-refractivity contribution in [2.24, 2.45) is 0 Å². The number of phenolic OH excluding ortho intramolecular Hbond substituents is 2. The second-order valence-corrected chi connectivity index (χ2v) is 4.40. The fourth-order valence-electron chi connectivity index (χ4n) is 2.09. The Morgan fingerprint density at radius 2 is 1.89 bits per heavy atom. The number of carboxylic acid groups (broad SMARTS) is 1. The van der Waals surface area contributed by atoms with Crippen molar-refractivity contribution in [2.45, 2.75) is 18.6 Å². The van der Waals surface area contributed by atoms with Gasteiger partial charge in [0.1, 0.15) is 6.04 Å². The Kier molecular flexibility index (Phi) is 3.30. The lowest BCUT2D eigenvalue weighted by Gasteiger charge is -2.21. The molecule has 0 aromatic heterocycles. The van der Waals surface area contributed by atoms with E-state index in [-0.39, 0.29) is 24.3 Å². The van der Waals surface area contributed by atoms with Crippen LogP contribution in [0.4, 0.5) is 0 Å². The van der Waals surface area contributed by atoms with E-state index in [1.165, 1.54) is 6.07 Å². The molecule has 2 atom stereocenters. The molecule has 1 saturated heterocycles. The zero-order valence-corrected chi connectivity index (χ0v) is 9.85. The lowest BCUT2D eigenvalue weighted by atomic mass is 10.1. The van der Waals surface area contributed by atoms with Crippen molar-refractivity contribution >= 4 is 11.9 Å². The summed E-state index contributed by atoms with van der Waals surface area (Å²) < 4.78 is 0. The molecule has 1 aromatic carbocycles. The number of likely N-dealkylation sites (tertiary alicyclic amines) is 1. The van der Waals surface area contributed by atoms with Gasteiger partial charge in [-0.2, -0.15) is 0 Å². The number of hydrogen-bond donors (Lipinski definition) is 4. The van der Waals surface area contributed by atoms with Crippen LogP contribution in [-0.2, 0) is 4.79 Å². The minimum Gasteiger partial charge on any atom is -0.504 e. The maximum Gasteiger partial charge on any atom is 0.326 e. The Hall–Kier alpha value is -2.28. The van der Waals surface area contributed by atoms with Crippen LogP contribution in [0, 0.1) is 0 Å². The lowest BCUT2D eigenvalue weighted by molar-refractivity contribution is -0.141. The SMILES string of the molecule is O=C(O)[C@H]1C[C@@H](O)CN1C(=O)c1ccc(O)c(O)c1. The van der Waals surface area contributed by atoms with Crippen LogP contribution in [0.1, 0.15) is 16.8 Å². The van der Waals surface area contributed by atoms with Gasteiger partial charge in [-0.25, -0.2) is 4.79 Å². The number of β-amino-alcohol motifs (C(OH)–C–C–N with tert-alkyl or cyclic N) is 1. The quantitative estimate of drug-likeness (QED) is 0.549. The van der Waals surface area contributed by atoms with Crippen LogP contribution in [-0.4, -0.2) is 55.9 Å². The van der Waals surface area contributed by atoms with Gasteiger partial charge in [-0.1, -0.05) is 0 Å². The summed E-state index contributed by atoms with van der Waals surface area (Å²) in [6, 6.07) is 2.39. The minimum absolute atomic E-state index is 0.0227. The van der Waals surface area contributed by atoms with E-state index in [0.29, 0.717) is 0 Å². The first-order chi connectivity index (χ1) is 8.90.